The van der Waals surface area contributed by atoms with Crippen LogP contribution < -0.4 is 0 Å². The van der Waals surface area contributed by atoms with Crippen molar-refractivity contribution >= 4 is 16.8 Å². The summed E-state index contributed by atoms with van der Waals surface area (Å²) in [7, 11) is 3.87. The van der Waals surface area contributed by atoms with E-state index in [1.165, 1.54) is 0 Å². The van der Waals surface area contributed by atoms with Gasteiger partial charge in [0.1, 0.15) is 11.5 Å². The highest BCUT2D eigenvalue weighted by molar-refractivity contribution is 5.95. The van der Waals surface area contributed by atoms with E-state index in [2.05, 4.69) is 27.9 Å². The Hall–Kier alpha value is -3.46. The molecule has 1 saturated heterocycles. The number of amides is 1. The molecular formula is C24H27N7O2. The Balaban J connectivity index is 1.48. The zero-order valence-corrected chi connectivity index (χ0v) is 19.2. The molecule has 0 N–H and O–H groups in total. The maximum atomic E-state index is 12.1. The van der Waals surface area contributed by atoms with Crippen LogP contribution in [-0.4, -0.2) is 59.7 Å². The molecule has 2 aliphatic heterocycles. The molecule has 0 spiro atoms. The first-order valence-corrected chi connectivity index (χ1v) is 11.4. The summed E-state index contributed by atoms with van der Waals surface area (Å²) < 4.78 is 11.7. The molecule has 33 heavy (non-hydrogen) atoms. The quantitative estimate of drug-likeness (QED) is 0.484. The number of nitrogens with zero attached hydrogens (tertiary/aromatic N) is 7. The summed E-state index contributed by atoms with van der Waals surface area (Å²) in [6.07, 6.45) is 4.81. The van der Waals surface area contributed by atoms with Crippen molar-refractivity contribution in [1.29, 1.82) is 0 Å². The molecule has 1 fully saturated rings. The topological polar surface area (TPSA) is 83.0 Å². The molecule has 0 saturated carbocycles. The average molecular weight is 446 g/mol. The lowest BCUT2D eigenvalue weighted by Crippen LogP contribution is -2.37. The highest BCUT2D eigenvalue weighted by Crippen LogP contribution is 2.36. The van der Waals surface area contributed by atoms with E-state index in [9.17, 15) is 4.79 Å². The number of aromatic nitrogens is 6. The monoisotopic (exact) mass is 445 g/mol. The third kappa shape index (κ3) is 3.26. The average Bonchev–Trinajstić information content (AvgIpc) is 3.59. The summed E-state index contributed by atoms with van der Waals surface area (Å²) in [4.78, 5) is 19.2. The van der Waals surface area contributed by atoms with E-state index in [1.54, 1.807) is 11.6 Å². The van der Waals surface area contributed by atoms with E-state index in [1.807, 2.05) is 36.1 Å². The van der Waals surface area contributed by atoms with Gasteiger partial charge in [-0.15, -0.1) is 0 Å². The summed E-state index contributed by atoms with van der Waals surface area (Å²) in [6.45, 7) is 5.19. The minimum absolute atomic E-state index is 0.0994. The van der Waals surface area contributed by atoms with E-state index in [0.29, 0.717) is 25.6 Å². The van der Waals surface area contributed by atoms with E-state index in [-0.39, 0.29) is 5.91 Å². The Kier molecular flexibility index (Phi) is 4.62. The molecular weight excluding hydrogens is 418 g/mol. The van der Waals surface area contributed by atoms with Crippen molar-refractivity contribution in [3.8, 4) is 22.5 Å². The number of fused-ring (bicyclic) bond motifs is 2. The molecule has 1 amide bonds. The van der Waals surface area contributed by atoms with Crippen molar-refractivity contribution in [1.82, 2.24) is 34.0 Å². The van der Waals surface area contributed by atoms with Gasteiger partial charge in [-0.05, 0) is 18.6 Å². The predicted octanol–water partition coefficient (Wildman–Crippen LogP) is 2.70. The van der Waals surface area contributed by atoms with Crippen LogP contribution in [-0.2, 0) is 36.7 Å². The summed E-state index contributed by atoms with van der Waals surface area (Å²) in [5.74, 6) is 1.49. The van der Waals surface area contributed by atoms with Gasteiger partial charge in [-0.25, -0.2) is 4.98 Å². The molecule has 6 rings (SSSR count). The Bertz CT molecular complexity index is 1370. The van der Waals surface area contributed by atoms with E-state index in [0.717, 1.165) is 64.5 Å². The Morgan fingerprint density at radius 2 is 2.03 bits per heavy atom. The van der Waals surface area contributed by atoms with Crippen LogP contribution in [0.5, 0.6) is 0 Å². The first kappa shape index (κ1) is 20.2. The second-order valence-corrected chi connectivity index (χ2v) is 9.02. The summed E-state index contributed by atoms with van der Waals surface area (Å²) in [5.41, 5.74) is 6.06. The van der Waals surface area contributed by atoms with Crippen LogP contribution >= 0.6 is 0 Å². The molecule has 170 valence electrons. The van der Waals surface area contributed by atoms with Gasteiger partial charge < -0.3 is 14.2 Å². The van der Waals surface area contributed by atoms with Crippen LogP contribution in [0.1, 0.15) is 30.8 Å². The van der Waals surface area contributed by atoms with Crippen LogP contribution in [0.3, 0.4) is 0 Å². The second-order valence-electron chi connectivity index (χ2n) is 9.02. The highest BCUT2D eigenvalue weighted by atomic mass is 16.5. The van der Waals surface area contributed by atoms with Gasteiger partial charge in [-0.1, -0.05) is 6.07 Å². The maximum Gasteiger partial charge on any atom is 0.219 e. The molecule has 2 aliphatic rings. The smallest absolute Gasteiger partial charge is 0.219 e. The SMILES string of the molecule is CC(=O)N1CCn2c(C3CCOC3)nc(-c3ccc4c(-c5cnn(C)c5)nn(C)c4c3)c2C1. The number of hydrogen-bond donors (Lipinski definition) is 0. The number of aryl methyl sites for hydroxylation is 2. The van der Waals surface area contributed by atoms with Gasteiger partial charge in [0.25, 0.3) is 0 Å². The Morgan fingerprint density at radius 1 is 1.15 bits per heavy atom. The molecule has 9 heteroatoms. The fraction of sp³-hybridized carbons (Fsp3) is 0.417. The number of hydrogen-bond acceptors (Lipinski definition) is 5. The maximum absolute atomic E-state index is 12.1. The number of benzene rings is 1. The standard InChI is InChI=1S/C24H27N7O2/c1-15(32)30-7-8-31-21(13-30)23(26-24(31)17-6-9-33-14-17)16-4-5-19-20(10-16)29(3)27-22(19)18-11-25-28(2)12-18/h4-5,10-12,17H,6-9,13-14H2,1-3H3. The third-order valence-corrected chi connectivity index (χ3v) is 6.88. The third-order valence-electron chi connectivity index (χ3n) is 6.88. The van der Waals surface area contributed by atoms with Crippen molar-refractivity contribution < 1.29 is 9.53 Å². The van der Waals surface area contributed by atoms with Crippen LogP contribution in [0.15, 0.2) is 30.6 Å². The molecule has 4 aromatic rings. The minimum atomic E-state index is 0.0994. The van der Waals surface area contributed by atoms with E-state index >= 15 is 0 Å². The van der Waals surface area contributed by atoms with E-state index < -0.39 is 0 Å². The normalized spacial score (nSPS) is 18.3. The van der Waals surface area contributed by atoms with Gasteiger partial charge in [0, 0.05) is 69.3 Å². The Morgan fingerprint density at radius 3 is 2.76 bits per heavy atom. The van der Waals surface area contributed by atoms with Crippen molar-refractivity contribution in [2.75, 3.05) is 19.8 Å². The predicted molar refractivity (Wildman–Crippen MR) is 123 cm³/mol. The van der Waals surface area contributed by atoms with Gasteiger partial charge in [0.05, 0.1) is 36.3 Å². The lowest BCUT2D eigenvalue weighted by atomic mass is 10.0. The molecule has 0 aliphatic carbocycles. The molecule has 3 aromatic heterocycles. The van der Waals surface area contributed by atoms with Gasteiger partial charge in [-0.2, -0.15) is 10.2 Å². The highest BCUT2D eigenvalue weighted by Gasteiger charge is 2.31. The fourth-order valence-electron chi connectivity index (χ4n) is 5.11. The second kappa shape index (κ2) is 7.55. The molecule has 0 bridgehead atoms. The fourth-order valence-corrected chi connectivity index (χ4v) is 5.11. The minimum Gasteiger partial charge on any atom is -0.381 e. The lowest BCUT2D eigenvalue weighted by Gasteiger charge is -2.29. The van der Waals surface area contributed by atoms with Crippen molar-refractivity contribution in [3.05, 3.63) is 42.1 Å². The van der Waals surface area contributed by atoms with Crippen LogP contribution in [0.4, 0.5) is 0 Å². The summed E-state index contributed by atoms with van der Waals surface area (Å²) >= 11 is 0. The number of imidazole rings is 1. The van der Waals surface area contributed by atoms with Gasteiger partial charge in [-0.3, -0.25) is 14.2 Å². The number of carbonyl (C=O) groups excluding carboxylic acids is 1. The van der Waals surface area contributed by atoms with Crippen LogP contribution in [0.2, 0.25) is 0 Å². The van der Waals surface area contributed by atoms with Crippen molar-refractivity contribution in [3.63, 3.8) is 0 Å². The number of carbonyl (C=O) groups is 1. The van der Waals surface area contributed by atoms with E-state index in [4.69, 9.17) is 14.8 Å². The van der Waals surface area contributed by atoms with Crippen LogP contribution in [0, 0.1) is 0 Å². The lowest BCUT2D eigenvalue weighted by molar-refractivity contribution is -0.130. The Labute approximate surface area is 191 Å². The van der Waals surface area contributed by atoms with Gasteiger partial charge in [0.15, 0.2) is 0 Å². The largest absolute Gasteiger partial charge is 0.381 e. The number of rotatable bonds is 3. The van der Waals surface area contributed by atoms with Crippen molar-refractivity contribution in [2.24, 2.45) is 14.1 Å². The molecule has 5 heterocycles. The van der Waals surface area contributed by atoms with Gasteiger partial charge >= 0.3 is 0 Å². The number of ether oxygens (including phenoxy) is 1. The molecule has 1 unspecified atom stereocenters. The van der Waals surface area contributed by atoms with Gasteiger partial charge in [0.2, 0.25) is 5.91 Å². The molecule has 1 atom stereocenters. The summed E-state index contributed by atoms with van der Waals surface area (Å²) in [5, 5.41) is 10.1. The molecule has 1 aromatic carbocycles. The van der Waals surface area contributed by atoms with Crippen LogP contribution in [0.25, 0.3) is 33.4 Å². The summed E-state index contributed by atoms with van der Waals surface area (Å²) in [6, 6.07) is 6.40. The van der Waals surface area contributed by atoms with Crippen molar-refractivity contribution in [2.45, 2.75) is 32.4 Å². The molecule has 0 radical (unpaired) electrons. The zero-order chi connectivity index (χ0) is 22.7. The molecule has 9 nitrogen and oxygen atoms in total. The first-order chi connectivity index (χ1) is 16.0. The first-order valence-electron chi connectivity index (χ1n) is 11.4. The zero-order valence-electron chi connectivity index (χ0n) is 19.2.